The molecule has 30 heavy (non-hydrogen) atoms. The van der Waals surface area contributed by atoms with Gasteiger partial charge in [-0.1, -0.05) is 40.8 Å². The molecule has 0 N–H and O–H groups in total. The average molecular weight is 436 g/mol. The van der Waals surface area contributed by atoms with Gasteiger partial charge >= 0.3 is 16.7 Å². The van der Waals surface area contributed by atoms with Gasteiger partial charge in [0.25, 0.3) is 5.91 Å². The number of amides is 1. The molecule has 1 amide bonds. The minimum absolute atomic E-state index is 0.0868. The molecular weight excluding hydrogens is 421 g/mol. The first kappa shape index (κ1) is 21.4. The van der Waals surface area contributed by atoms with E-state index in [1.807, 2.05) is 0 Å². The fourth-order valence-electron chi connectivity index (χ4n) is 2.99. The summed E-state index contributed by atoms with van der Waals surface area (Å²) in [6.45, 7) is 2.93. The first-order valence-corrected chi connectivity index (χ1v) is 9.59. The zero-order chi connectivity index (χ0) is 22.1. The highest BCUT2D eigenvalue weighted by Crippen LogP contribution is 2.37. The Balaban J connectivity index is 2.39. The summed E-state index contributed by atoms with van der Waals surface area (Å²) < 4.78 is 66.6. The Morgan fingerprint density at radius 1 is 1.03 bits per heavy atom. The van der Waals surface area contributed by atoms with E-state index in [2.05, 4.69) is 14.3 Å². The molecule has 0 aliphatic heterocycles. The molecule has 2 aromatic heterocycles. The quantitative estimate of drug-likeness (QED) is 0.623. The first-order chi connectivity index (χ1) is 14.0. The second-order valence-electron chi connectivity index (χ2n) is 6.53. The van der Waals surface area contributed by atoms with E-state index in [1.165, 1.54) is 25.1 Å². The highest BCUT2D eigenvalue weighted by molar-refractivity contribution is 7.62. The van der Waals surface area contributed by atoms with Crippen molar-refractivity contribution in [3.63, 3.8) is 0 Å². The Bertz CT molecular complexity index is 1230. The number of benzene rings is 1. The highest BCUT2D eigenvalue weighted by Gasteiger charge is 2.43. The van der Waals surface area contributed by atoms with Gasteiger partial charge in [0.1, 0.15) is 5.69 Å². The summed E-state index contributed by atoms with van der Waals surface area (Å²) in [7, 11) is -3.10. The van der Waals surface area contributed by atoms with Gasteiger partial charge in [0.15, 0.2) is 17.1 Å². The van der Waals surface area contributed by atoms with Crippen molar-refractivity contribution in [3.05, 3.63) is 71.7 Å². The number of carbonyl (C=O) groups excluding carboxylic acids is 1. The summed E-state index contributed by atoms with van der Waals surface area (Å²) in [5.41, 5.74) is -2.35. The number of alkyl halides is 3. The normalized spacial score (nSPS) is 13.5. The zero-order valence-corrected chi connectivity index (χ0v) is 16.6. The number of pyridine rings is 1. The molecule has 11 heteroatoms. The fourth-order valence-corrected chi connectivity index (χ4v) is 3.30. The van der Waals surface area contributed by atoms with Crippen LogP contribution in [0.1, 0.15) is 23.9 Å². The lowest BCUT2D eigenvalue weighted by molar-refractivity contribution is -0.141. The first-order valence-electron chi connectivity index (χ1n) is 8.55. The summed E-state index contributed by atoms with van der Waals surface area (Å²) in [5.74, 6) is -1.43. The number of imidazole rings is 1. The lowest BCUT2D eigenvalue weighted by Crippen LogP contribution is -2.39. The molecule has 2 heterocycles. The van der Waals surface area contributed by atoms with Gasteiger partial charge < -0.3 is 4.57 Å². The Morgan fingerprint density at radius 2 is 1.70 bits per heavy atom. The van der Waals surface area contributed by atoms with E-state index < -0.39 is 33.8 Å². The molecule has 1 atom stereocenters. The maximum atomic E-state index is 13.5. The summed E-state index contributed by atoms with van der Waals surface area (Å²) >= 11 is 0. The number of aryl methyl sites for hydroxylation is 1. The second kappa shape index (κ2) is 7.82. The Kier molecular flexibility index (Phi) is 5.57. The van der Waals surface area contributed by atoms with Crippen molar-refractivity contribution in [1.82, 2.24) is 14.5 Å². The molecule has 3 aromatic rings. The molecule has 0 radical (unpaired) electrons. The van der Waals surface area contributed by atoms with Crippen LogP contribution in [0.25, 0.3) is 11.5 Å². The van der Waals surface area contributed by atoms with Crippen LogP contribution < -0.4 is 0 Å². The van der Waals surface area contributed by atoms with Gasteiger partial charge in [0.2, 0.25) is 0 Å². The van der Waals surface area contributed by atoms with Crippen LogP contribution >= 0.6 is 0 Å². The number of halogens is 3. The van der Waals surface area contributed by atoms with E-state index >= 15 is 0 Å². The number of nitrogens with zero attached hydrogens (tertiary/aromatic N) is 4. The molecule has 0 bridgehead atoms. The van der Waals surface area contributed by atoms with E-state index in [-0.39, 0.29) is 17.1 Å². The van der Waals surface area contributed by atoms with Crippen molar-refractivity contribution in [1.29, 1.82) is 0 Å². The van der Waals surface area contributed by atoms with Crippen molar-refractivity contribution in [2.24, 2.45) is 4.36 Å². The van der Waals surface area contributed by atoms with Gasteiger partial charge in [-0.15, -0.1) is 0 Å². The van der Waals surface area contributed by atoms with Gasteiger partial charge in [-0.25, -0.2) is 9.97 Å². The highest BCUT2D eigenvalue weighted by atomic mass is 32.2. The molecule has 0 saturated heterocycles. The van der Waals surface area contributed by atoms with Crippen LogP contribution in [0, 0.1) is 6.92 Å². The van der Waals surface area contributed by atoms with Gasteiger partial charge in [0, 0.05) is 11.9 Å². The Morgan fingerprint density at radius 3 is 2.27 bits per heavy atom. The van der Waals surface area contributed by atoms with E-state index in [0.29, 0.717) is 11.9 Å². The number of hydrogen-bond acceptors (Lipinski definition) is 5. The standard InChI is InChI=1S/C19H15F3N4O3S/c1-12-7-6-10-14(23-12)16-24-15(19(20,21)22)11-26(16)18(2,17(27)25-30(28)29)13-8-4-3-5-9-13/h3-11H,1-2H3. The molecule has 1 unspecified atom stereocenters. The number of hydrogen-bond donors (Lipinski definition) is 0. The van der Waals surface area contributed by atoms with E-state index in [9.17, 15) is 26.4 Å². The van der Waals surface area contributed by atoms with Crippen LogP contribution in [-0.4, -0.2) is 28.9 Å². The average Bonchev–Trinajstić information content (AvgIpc) is 3.14. The molecule has 0 spiro atoms. The molecule has 156 valence electrons. The van der Waals surface area contributed by atoms with Crippen LogP contribution in [0.5, 0.6) is 0 Å². The molecule has 3 rings (SSSR count). The topological polar surface area (TPSA) is 94.3 Å². The zero-order valence-electron chi connectivity index (χ0n) is 15.8. The largest absolute Gasteiger partial charge is 0.434 e. The van der Waals surface area contributed by atoms with Crippen LogP contribution in [0.3, 0.4) is 0 Å². The van der Waals surface area contributed by atoms with Crippen LogP contribution in [-0.2, 0) is 27.0 Å². The molecule has 1 aromatic carbocycles. The SMILES string of the molecule is Cc1cccc(-c2nc(C(F)(F)F)cn2C(C)(C(=O)N=S(=O)=O)c2ccccc2)n1. The van der Waals surface area contributed by atoms with Crippen molar-refractivity contribution in [2.75, 3.05) is 0 Å². The van der Waals surface area contributed by atoms with E-state index in [4.69, 9.17) is 0 Å². The Labute approximate surface area is 170 Å². The van der Waals surface area contributed by atoms with Crippen molar-refractivity contribution in [3.8, 4) is 11.5 Å². The second-order valence-corrected chi connectivity index (χ2v) is 7.15. The van der Waals surface area contributed by atoms with Crippen molar-refractivity contribution in [2.45, 2.75) is 25.6 Å². The Hall–Kier alpha value is -3.34. The minimum Gasteiger partial charge on any atom is -0.310 e. The minimum atomic E-state index is -4.80. The van der Waals surface area contributed by atoms with Gasteiger partial charge in [0.05, 0.1) is 0 Å². The van der Waals surface area contributed by atoms with Crippen LogP contribution in [0.15, 0.2) is 59.1 Å². The summed E-state index contributed by atoms with van der Waals surface area (Å²) in [4.78, 5) is 20.8. The van der Waals surface area contributed by atoms with Gasteiger partial charge in [-0.2, -0.15) is 21.6 Å². The molecule has 0 fully saturated rings. The molecule has 0 aliphatic rings. The fraction of sp³-hybridized carbons (Fsp3) is 0.211. The summed E-state index contributed by atoms with van der Waals surface area (Å²) in [6.07, 6.45) is -4.14. The predicted octanol–water partition coefficient (Wildman–Crippen LogP) is 3.63. The lowest BCUT2D eigenvalue weighted by Gasteiger charge is -2.29. The van der Waals surface area contributed by atoms with Crippen molar-refractivity contribution < 1.29 is 26.4 Å². The van der Waals surface area contributed by atoms with Gasteiger partial charge in [-0.05, 0) is 31.5 Å². The predicted molar refractivity (Wildman–Crippen MR) is 101 cm³/mol. The van der Waals surface area contributed by atoms with Crippen molar-refractivity contribution >= 4 is 16.4 Å². The van der Waals surface area contributed by atoms with Gasteiger partial charge in [-0.3, -0.25) is 4.79 Å². The maximum Gasteiger partial charge on any atom is 0.434 e. The number of aromatic nitrogens is 3. The number of carbonyl (C=O) groups is 1. The molecular formula is C19H15F3N4O3S. The maximum absolute atomic E-state index is 13.5. The third kappa shape index (κ3) is 4.01. The van der Waals surface area contributed by atoms with E-state index in [1.54, 1.807) is 37.3 Å². The number of rotatable bonds is 4. The summed E-state index contributed by atoms with van der Waals surface area (Å²) in [5, 5.41) is 0. The summed E-state index contributed by atoms with van der Waals surface area (Å²) in [6, 6.07) is 12.5. The third-order valence-corrected chi connectivity index (χ3v) is 4.82. The smallest absolute Gasteiger partial charge is 0.310 e. The third-order valence-electron chi connectivity index (χ3n) is 4.51. The van der Waals surface area contributed by atoms with Crippen LogP contribution in [0.2, 0.25) is 0 Å². The molecule has 0 saturated carbocycles. The lowest BCUT2D eigenvalue weighted by atomic mass is 9.90. The molecule has 0 aliphatic carbocycles. The molecule has 7 nitrogen and oxygen atoms in total. The monoisotopic (exact) mass is 436 g/mol. The van der Waals surface area contributed by atoms with E-state index in [0.717, 1.165) is 4.57 Å². The van der Waals surface area contributed by atoms with Crippen LogP contribution in [0.4, 0.5) is 13.2 Å².